The number of aryl methyl sites for hydroxylation is 1. The third kappa shape index (κ3) is 3.16. The lowest BCUT2D eigenvalue weighted by atomic mass is 10.1. The van der Waals surface area contributed by atoms with Gasteiger partial charge < -0.3 is 21.1 Å². The first-order valence-electron chi connectivity index (χ1n) is 6.36. The molecule has 0 radical (unpaired) electrons. The maximum Gasteiger partial charge on any atom is 0.242 e. The van der Waals surface area contributed by atoms with Crippen LogP contribution in [0.4, 0.5) is 0 Å². The highest BCUT2D eigenvalue weighted by atomic mass is 16.3. The molecule has 106 valence electrons. The monoisotopic (exact) mass is 275 g/mol. The molecule has 6 heteroatoms. The Morgan fingerprint density at radius 1 is 1.35 bits per heavy atom. The van der Waals surface area contributed by atoms with Gasteiger partial charge in [0.15, 0.2) is 0 Å². The van der Waals surface area contributed by atoms with Gasteiger partial charge in [0.1, 0.15) is 6.04 Å². The number of aromatic nitrogens is 1. The van der Waals surface area contributed by atoms with Crippen molar-refractivity contribution in [2.75, 3.05) is 6.61 Å². The Balaban J connectivity index is 1.95. The van der Waals surface area contributed by atoms with Gasteiger partial charge in [-0.1, -0.05) is 18.2 Å². The average molecular weight is 275 g/mol. The van der Waals surface area contributed by atoms with Crippen LogP contribution < -0.4 is 11.1 Å². The second kappa shape index (κ2) is 6.21. The Labute approximate surface area is 116 Å². The molecular formula is C14H17N3O3. The molecule has 20 heavy (non-hydrogen) atoms. The molecule has 0 saturated heterocycles. The van der Waals surface area contributed by atoms with Crippen molar-refractivity contribution in [2.45, 2.75) is 18.9 Å². The lowest BCUT2D eigenvalue weighted by molar-refractivity contribution is -0.128. The van der Waals surface area contributed by atoms with Gasteiger partial charge in [-0.05, 0) is 18.1 Å². The number of aromatic amines is 1. The molecule has 0 saturated carbocycles. The van der Waals surface area contributed by atoms with E-state index in [1.165, 1.54) is 0 Å². The number of primary amides is 1. The van der Waals surface area contributed by atoms with Crippen LogP contribution in [0.5, 0.6) is 0 Å². The molecule has 0 unspecified atom stereocenters. The maximum absolute atomic E-state index is 11.7. The number of aliphatic hydroxyl groups is 1. The summed E-state index contributed by atoms with van der Waals surface area (Å²) in [5.74, 6) is -1.05. The van der Waals surface area contributed by atoms with Crippen LogP contribution in [0, 0.1) is 0 Å². The lowest BCUT2D eigenvalue weighted by Gasteiger charge is -2.12. The van der Waals surface area contributed by atoms with E-state index in [1.54, 1.807) is 0 Å². The van der Waals surface area contributed by atoms with E-state index < -0.39 is 18.6 Å². The summed E-state index contributed by atoms with van der Waals surface area (Å²) in [6, 6.07) is 6.81. The van der Waals surface area contributed by atoms with Crippen molar-refractivity contribution < 1.29 is 14.7 Å². The molecule has 5 N–H and O–H groups in total. The summed E-state index contributed by atoms with van der Waals surface area (Å²) in [4.78, 5) is 25.8. The number of nitrogens with two attached hydrogens (primary N) is 1. The Bertz CT molecular complexity index is 621. The highest BCUT2D eigenvalue weighted by Gasteiger charge is 2.16. The SMILES string of the molecule is NC(=O)[C@H](CO)NC(=O)CCc1c[nH]c2ccccc12. The van der Waals surface area contributed by atoms with E-state index in [9.17, 15) is 9.59 Å². The zero-order chi connectivity index (χ0) is 14.5. The van der Waals surface area contributed by atoms with Crippen LogP contribution in [-0.4, -0.2) is 34.6 Å². The van der Waals surface area contributed by atoms with Crippen molar-refractivity contribution in [1.82, 2.24) is 10.3 Å². The quantitative estimate of drug-likeness (QED) is 0.598. The van der Waals surface area contributed by atoms with E-state index in [0.717, 1.165) is 16.5 Å². The molecular weight excluding hydrogens is 258 g/mol. The molecule has 0 aliphatic heterocycles. The second-order valence-electron chi connectivity index (χ2n) is 4.56. The number of carbonyl (C=O) groups is 2. The zero-order valence-electron chi connectivity index (χ0n) is 10.9. The normalized spacial score (nSPS) is 12.2. The minimum atomic E-state index is -1.02. The van der Waals surface area contributed by atoms with Crippen LogP contribution in [0.2, 0.25) is 0 Å². The van der Waals surface area contributed by atoms with Gasteiger partial charge in [0.2, 0.25) is 11.8 Å². The summed E-state index contributed by atoms with van der Waals surface area (Å²) in [5.41, 5.74) is 7.10. The molecule has 2 rings (SSSR count). The maximum atomic E-state index is 11.7. The first-order chi connectivity index (χ1) is 9.61. The standard InChI is InChI=1S/C14H17N3O3/c15-14(20)12(8-18)17-13(19)6-5-9-7-16-11-4-2-1-3-10(9)11/h1-4,7,12,16,18H,5-6,8H2,(H2,15,20)(H,17,19)/t12-/m0/s1. The highest BCUT2D eigenvalue weighted by molar-refractivity contribution is 5.87. The molecule has 1 aromatic carbocycles. The topological polar surface area (TPSA) is 108 Å². The van der Waals surface area contributed by atoms with Gasteiger partial charge in [-0.3, -0.25) is 9.59 Å². The van der Waals surface area contributed by atoms with Gasteiger partial charge in [0, 0.05) is 23.5 Å². The van der Waals surface area contributed by atoms with Crippen LogP contribution >= 0.6 is 0 Å². The fraction of sp³-hybridized carbons (Fsp3) is 0.286. The van der Waals surface area contributed by atoms with Crippen LogP contribution in [0.25, 0.3) is 10.9 Å². The summed E-state index contributed by atoms with van der Waals surface area (Å²) < 4.78 is 0. The first kappa shape index (κ1) is 14.1. The summed E-state index contributed by atoms with van der Waals surface area (Å²) in [7, 11) is 0. The van der Waals surface area contributed by atoms with Gasteiger partial charge in [-0.25, -0.2) is 0 Å². The van der Waals surface area contributed by atoms with Crippen molar-refractivity contribution in [3.8, 4) is 0 Å². The van der Waals surface area contributed by atoms with Crippen LogP contribution in [0.15, 0.2) is 30.5 Å². The summed E-state index contributed by atoms with van der Waals surface area (Å²) in [6.07, 6.45) is 2.65. The number of carbonyl (C=O) groups excluding carboxylic acids is 2. The van der Waals surface area contributed by atoms with Gasteiger partial charge in [-0.2, -0.15) is 0 Å². The molecule has 0 spiro atoms. The first-order valence-corrected chi connectivity index (χ1v) is 6.36. The van der Waals surface area contributed by atoms with Crippen LogP contribution in [-0.2, 0) is 16.0 Å². The number of amides is 2. The molecule has 1 aromatic heterocycles. The predicted molar refractivity (Wildman–Crippen MR) is 74.8 cm³/mol. The average Bonchev–Trinajstić information content (AvgIpc) is 2.85. The van der Waals surface area contributed by atoms with E-state index in [4.69, 9.17) is 10.8 Å². The smallest absolute Gasteiger partial charge is 0.242 e. The fourth-order valence-corrected chi connectivity index (χ4v) is 2.06. The molecule has 6 nitrogen and oxygen atoms in total. The summed E-state index contributed by atoms with van der Waals surface area (Å²) in [5, 5.41) is 12.4. The number of hydrogen-bond acceptors (Lipinski definition) is 3. The van der Waals surface area contributed by atoms with Gasteiger partial charge in [0.25, 0.3) is 0 Å². The summed E-state index contributed by atoms with van der Waals surface area (Å²) >= 11 is 0. The molecule has 1 heterocycles. The number of nitrogens with one attached hydrogen (secondary N) is 2. The van der Waals surface area contributed by atoms with Crippen LogP contribution in [0.3, 0.4) is 0 Å². The molecule has 0 aliphatic rings. The predicted octanol–water partition coefficient (Wildman–Crippen LogP) is 0.0629. The Morgan fingerprint density at radius 2 is 2.10 bits per heavy atom. The molecule has 1 atom stereocenters. The zero-order valence-corrected chi connectivity index (χ0v) is 10.9. The summed E-state index contributed by atoms with van der Waals surface area (Å²) in [6.45, 7) is -0.492. The molecule has 0 bridgehead atoms. The fourth-order valence-electron chi connectivity index (χ4n) is 2.06. The van der Waals surface area contributed by atoms with Gasteiger partial charge >= 0.3 is 0 Å². The number of para-hydroxylation sites is 1. The van der Waals surface area contributed by atoms with Gasteiger partial charge in [-0.15, -0.1) is 0 Å². The highest BCUT2D eigenvalue weighted by Crippen LogP contribution is 2.18. The van der Waals surface area contributed by atoms with Crippen molar-refractivity contribution in [3.05, 3.63) is 36.0 Å². The number of hydrogen-bond donors (Lipinski definition) is 4. The van der Waals surface area contributed by atoms with Gasteiger partial charge in [0.05, 0.1) is 6.61 Å². The lowest BCUT2D eigenvalue weighted by Crippen LogP contribution is -2.46. The van der Waals surface area contributed by atoms with Crippen molar-refractivity contribution in [3.63, 3.8) is 0 Å². The van der Waals surface area contributed by atoms with Crippen molar-refractivity contribution in [2.24, 2.45) is 5.73 Å². The number of benzene rings is 1. The van der Waals surface area contributed by atoms with Crippen LogP contribution in [0.1, 0.15) is 12.0 Å². The molecule has 0 aliphatic carbocycles. The molecule has 2 aromatic rings. The van der Waals surface area contributed by atoms with E-state index in [0.29, 0.717) is 6.42 Å². The number of H-pyrrole nitrogens is 1. The van der Waals surface area contributed by atoms with E-state index >= 15 is 0 Å². The molecule has 2 amide bonds. The largest absolute Gasteiger partial charge is 0.394 e. The minimum Gasteiger partial charge on any atom is -0.394 e. The minimum absolute atomic E-state index is 0.228. The number of aliphatic hydroxyl groups excluding tert-OH is 1. The number of rotatable bonds is 6. The second-order valence-corrected chi connectivity index (χ2v) is 4.56. The molecule has 0 fully saturated rings. The number of fused-ring (bicyclic) bond motifs is 1. The van der Waals surface area contributed by atoms with E-state index in [-0.39, 0.29) is 12.3 Å². The Morgan fingerprint density at radius 3 is 2.80 bits per heavy atom. The van der Waals surface area contributed by atoms with E-state index in [2.05, 4.69) is 10.3 Å². The van der Waals surface area contributed by atoms with E-state index in [1.807, 2.05) is 30.5 Å². The Kier molecular flexibility index (Phi) is 4.37. The third-order valence-corrected chi connectivity index (χ3v) is 3.16. The third-order valence-electron chi connectivity index (χ3n) is 3.16. The van der Waals surface area contributed by atoms with Crippen molar-refractivity contribution in [1.29, 1.82) is 0 Å². The Hall–Kier alpha value is -2.34. The van der Waals surface area contributed by atoms with Crippen molar-refractivity contribution >= 4 is 22.7 Å².